The molecule has 0 atom stereocenters. The highest BCUT2D eigenvalue weighted by molar-refractivity contribution is 5.75. The van der Waals surface area contributed by atoms with Crippen LogP contribution >= 0.6 is 0 Å². The van der Waals surface area contributed by atoms with Crippen LogP contribution in [0.3, 0.4) is 0 Å². The van der Waals surface area contributed by atoms with Gasteiger partial charge in [-0.15, -0.1) is 0 Å². The number of hydrogen-bond donors (Lipinski definition) is 1. The van der Waals surface area contributed by atoms with Crippen molar-refractivity contribution >= 4 is 0 Å². The first-order valence-electron chi connectivity index (χ1n) is 10.3. The Labute approximate surface area is 192 Å². The average Bonchev–Trinajstić information content (AvgIpc) is 3.39. The van der Waals surface area contributed by atoms with Gasteiger partial charge in [-0.05, 0) is 48.4 Å². The quantitative estimate of drug-likeness (QED) is 0.358. The molecule has 0 saturated carbocycles. The van der Waals surface area contributed by atoms with E-state index in [1.54, 1.807) is 43.5 Å². The van der Waals surface area contributed by atoms with Crippen LogP contribution in [0.2, 0.25) is 0 Å². The molecular formula is C25H17F3N6. The predicted octanol–water partition coefficient (Wildman–Crippen LogP) is 5.98. The summed E-state index contributed by atoms with van der Waals surface area (Å²) in [4.78, 5) is 12.4. The normalized spacial score (nSPS) is 11.5. The van der Waals surface area contributed by atoms with Crippen LogP contribution in [0, 0.1) is 6.92 Å². The van der Waals surface area contributed by atoms with Crippen molar-refractivity contribution < 1.29 is 13.2 Å². The Morgan fingerprint density at radius 2 is 1.41 bits per heavy atom. The van der Waals surface area contributed by atoms with Crippen LogP contribution in [0.15, 0.2) is 79.1 Å². The van der Waals surface area contributed by atoms with E-state index in [2.05, 4.69) is 30.4 Å². The Kier molecular flexibility index (Phi) is 5.37. The van der Waals surface area contributed by atoms with Crippen molar-refractivity contribution in [1.82, 2.24) is 30.4 Å². The van der Waals surface area contributed by atoms with Gasteiger partial charge in [-0.1, -0.05) is 36.4 Å². The second kappa shape index (κ2) is 8.51. The molecular weight excluding hydrogens is 441 g/mol. The molecule has 3 aromatic heterocycles. The molecule has 2 aromatic carbocycles. The number of benzene rings is 2. The molecule has 0 saturated heterocycles. The first-order valence-corrected chi connectivity index (χ1v) is 10.3. The zero-order valence-electron chi connectivity index (χ0n) is 17.9. The number of hydrogen-bond acceptors (Lipinski definition) is 5. The number of nitrogens with one attached hydrogen (secondary N) is 1. The molecule has 0 unspecified atom stereocenters. The van der Waals surface area contributed by atoms with Gasteiger partial charge in [0.15, 0.2) is 5.82 Å². The first kappa shape index (κ1) is 21.4. The number of H-pyrrole nitrogens is 1. The molecule has 6 nitrogen and oxygen atoms in total. The number of aryl methyl sites for hydroxylation is 1. The SMILES string of the molecule is Cc1ccc(-c2cc(C(F)(F)F)nc(-c3cccc(-c4cccc(-c5cn[nH]n5)c4)c3)n2)cn1. The smallest absolute Gasteiger partial charge is 0.261 e. The summed E-state index contributed by atoms with van der Waals surface area (Å²) in [6.07, 6.45) is -1.49. The van der Waals surface area contributed by atoms with E-state index in [1.165, 1.54) is 6.20 Å². The van der Waals surface area contributed by atoms with E-state index in [-0.39, 0.29) is 11.5 Å². The van der Waals surface area contributed by atoms with E-state index in [1.807, 2.05) is 30.3 Å². The van der Waals surface area contributed by atoms with Crippen molar-refractivity contribution in [3.05, 3.63) is 90.5 Å². The maximum Gasteiger partial charge on any atom is 0.433 e. The molecule has 0 aliphatic carbocycles. The monoisotopic (exact) mass is 458 g/mol. The van der Waals surface area contributed by atoms with Crippen molar-refractivity contribution in [2.45, 2.75) is 13.1 Å². The third-order valence-electron chi connectivity index (χ3n) is 5.25. The largest absolute Gasteiger partial charge is 0.433 e. The van der Waals surface area contributed by atoms with Gasteiger partial charge < -0.3 is 0 Å². The second-order valence-electron chi connectivity index (χ2n) is 7.66. The lowest BCUT2D eigenvalue weighted by Gasteiger charge is -2.12. The zero-order valence-corrected chi connectivity index (χ0v) is 17.9. The molecule has 0 spiro atoms. The molecule has 168 valence electrons. The van der Waals surface area contributed by atoms with Crippen LogP contribution in [0.4, 0.5) is 13.2 Å². The van der Waals surface area contributed by atoms with E-state index < -0.39 is 11.9 Å². The minimum absolute atomic E-state index is 0.0140. The first-order chi connectivity index (χ1) is 16.4. The highest BCUT2D eigenvalue weighted by Crippen LogP contribution is 2.33. The van der Waals surface area contributed by atoms with Gasteiger partial charge in [0.25, 0.3) is 0 Å². The summed E-state index contributed by atoms with van der Waals surface area (Å²) in [5.74, 6) is -0.0140. The number of pyridine rings is 1. The standard InChI is InChI=1S/C25H17F3N6/c1-15-8-9-20(13-29-15)21-12-23(25(26,27)28)32-24(31-21)19-7-3-5-17(11-19)16-4-2-6-18(10-16)22-14-30-34-33-22/h2-14H,1H3,(H,30,33,34). The number of aromatic amines is 1. The number of nitrogens with zero attached hydrogens (tertiary/aromatic N) is 5. The molecule has 9 heteroatoms. The van der Waals surface area contributed by atoms with Crippen LogP contribution in [0.1, 0.15) is 11.4 Å². The minimum atomic E-state index is -4.62. The maximum atomic E-state index is 13.6. The van der Waals surface area contributed by atoms with E-state index in [0.717, 1.165) is 28.5 Å². The summed E-state index contributed by atoms with van der Waals surface area (Å²) in [6.45, 7) is 1.81. The predicted molar refractivity (Wildman–Crippen MR) is 121 cm³/mol. The van der Waals surface area contributed by atoms with Gasteiger partial charge in [0.2, 0.25) is 0 Å². The molecule has 0 bridgehead atoms. The lowest BCUT2D eigenvalue weighted by Crippen LogP contribution is -2.10. The zero-order chi connectivity index (χ0) is 23.7. The third kappa shape index (κ3) is 4.40. The summed E-state index contributed by atoms with van der Waals surface area (Å²) in [7, 11) is 0. The van der Waals surface area contributed by atoms with Crippen LogP contribution < -0.4 is 0 Å². The van der Waals surface area contributed by atoms with Gasteiger partial charge in [0.05, 0.1) is 11.9 Å². The van der Waals surface area contributed by atoms with Crippen LogP contribution in [-0.2, 0) is 6.18 Å². The van der Waals surface area contributed by atoms with Crippen LogP contribution in [0.5, 0.6) is 0 Å². The van der Waals surface area contributed by atoms with Gasteiger partial charge in [-0.2, -0.15) is 28.6 Å². The molecule has 0 radical (unpaired) electrons. The molecule has 5 rings (SSSR count). The summed E-state index contributed by atoms with van der Waals surface area (Å²) in [6, 6.07) is 19.1. The fourth-order valence-corrected chi connectivity index (χ4v) is 3.53. The average molecular weight is 458 g/mol. The highest BCUT2D eigenvalue weighted by Gasteiger charge is 2.34. The van der Waals surface area contributed by atoms with Crippen molar-refractivity contribution in [2.24, 2.45) is 0 Å². The summed E-state index contributed by atoms with van der Waals surface area (Å²) < 4.78 is 40.9. The maximum absolute atomic E-state index is 13.6. The van der Waals surface area contributed by atoms with Gasteiger partial charge >= 0.3 is 6.18 Å². The van der Waals surface area contributed by atoms with Crippen molar-refractivity contribution in [1.29, 1.82) is 0 Å². The van der Waals surface area contributed by atoms with Gasteiger partial charge in [-0.3, -0.25) is 4.98 Å². The van der Waals surface area contributed by atoms with E-state index in [0.29, 0.717) is 16.8 Å². The van der Waals surface area contributed by atoms with Gasteiger partial charge in [0.1, 0.15) is 11.4 Å². The highest BCUT2D eigenvalue weighted by atomic mass is 19.4. The van der Waals surface area contributed by atoms with Crippen LogP contribution in [0.25, 0.3) is 45.0 Å². The van der Waals surface area contributed by atoms with Gasteiger partial charge in [-0.25, -0.2) is 9.97 Å². The molecule has 1 N–H and O–H groups in total. The van der Waals surface area contributed by atoms with Crippen LogP contribution in [-0.4, -0.2) is 30.4 Å². The summed E-state index contributed by atoms with van der Waals surface area (Å²) >= 11 is 0. The minimum Gasteiger partial charge on any atom is -0.261 e. The Morgan fingerprint density at radius 1 is 0.706 bits per heavy atom. The van der Waals surface area contributed by atoms with Crippen molar-refractivity contribution in [2.75, 3.05) is 0 Å². The Hall–Kier alpha value is -4.40. The van der Waals surface area contributed by atoms with Crippen molar-refractivity contribution in [3.63, 3.8) is 0 Å². The Morgan fingerprint density at radius 3 is 2.06 bits per heavy atom. The molecule has 5 aromatic rings. The molecule has 0 aliphatic rings. The van der Waals surface area contributed by atoms with Crippen molar-refractivity contribution in [3.8, 4) is 45.0 Å². The molecule has 0 amide bonds. The van der Waals surface area contributed by atoms with E-state index in [9.17, 15) is 13.2 Å². The topological polar surface area (TPSA) is 80.2 Å². The third-order valence-corrected chi connectivity index (χ3v) is 5.25. The lowest BCUT2D eigenvalue weighted by molar-refractivity contribution is -0.141. The molecule has 0 aliphatic heterocycles. The molecule has 34 heavy (non-hydrogen) atoms. The number of halogens is 3. The number of rotatable bonds is 4. The van der Waals surface area contributed by atoms with E-state index in [4.69, 9.17) is 0 Å². The van der Waals surface area contributed by atoms with E-state index >= 15 is 0 Å². The summed E-state index contributed by atoms with van der Waals surface area (Å²) in [5.41, 5.74) is 4.09. The molecule has 0 fully saturated rings. The number of alkyl halides is 3. The second-order valence-corrected chi connectivity index (χ2v) is 7.66. The Bertz CT molecular complexity index is 1440. The van der Waals surface area contributed by atoms with Gasteiger partial charge in [0, 0.05) is 28.6 Å². The summed E-state index contributed by atoms with van der Waals surface area (Å²) in [5, 5.41) is 10.5. The molecule has 3 heterocycles. The Balaban J connectivity index is 1.59. The fraction of sp³-hybridized carbons (Fsp3) is 0.0800. The fourth-order valence-electron chi connectivity index (χ4n) is 3.53. The lowest BCUT2D eigenvalue weighted by atomic mass is 10.00. The number of aromatic nitrogens is 6.